The summed E-state index contributed by atoms with van der Waals surface area (Å²) >= 11 is 1.42. The molecule has 7 heteroatoms. The van der Waals surface area contributed by atoms with Crippen LogP contribution in [0.4, 0.5) is 11.5 Å². The second-order valence-corrected chi connectivity index (χ2v) is 5.69. The number of nitrogens with two attached hydrogens (primary N) is 1. The van der Waals surface area contributed by atoms with Crippen molar-refractivity contribution in [3.63, 3.8) is 0 Å². The van der Waals surface area contributed by atoms with Crippen molar-refractivity contribution in [2.45, 2.75) is 12.1 Å². The van der Waals surface area contributed by atoms with Crippen LogP contribution in [0.3, 0.4) is 0 Å². The van der Waals surface area contributed by atoms with Gasteiger partial charge in [0, 0.05) is 29.8 Å². The topological polar surface area (TPSA) is 87.9 Å². The SMILES string of the molecule is CCN(c1nc(SC)ncc1C(N)=O)c1cccc2[nH]ccc12. The number of carbonyl (C=O) groups excluding carboxylic acids is 1. The Hall–Kier alpha value is -2.54. The van der Waals surface area contributed by atoms with E-state index < -0.39 is 5.91 Å². The summed E-state index contributed by atoms with van der Waals surface area (Å²) in [4.78, 5) is 25.6. The molecule has 0 fully saturated rings. The van der Waals surface area contributed by atoms with Crippen LogP contribution in [0.25, 0.3) is 10.9 Å². The monoisotopic (exact) mass is 327 g/mol. The number of aromatic amines is 1. The number of H-pyrrole nitrogens is 1. The van der Waals surface area contributed by atoms with E-state index in [1.165, 1.54) is 18.0 Å². The van der Waals surface area contributed by atoms with Gasteiger partial charge < -0.3 is 15.6 Å². The summed E-state index contributed by atoms with van der Waals surface area (Å²) in [6.45, 7) is 2.66. The summed E-state index contributed by atoms with van der Waals surface area (Å²) in [6.07, 6.45) is 5.28. The standard InChI is InChI=1S/C16H17N5OS/c1-3-21(13-6-4-5-12-10(13)7-8-18-12)15-11(14(17)22)9-19-16(20-15)23-2/h4-9,18H,3H2,1-2H3,(H2,17,22). The second kappa shape index (κ2) is 6.29. The Morgan fingerprint density at radius 3 is 2.91 bits per heavy atom. The number of fused-ring (bicyclic) bond motifs is 1. The first-order valence-corrected chi connectivity index (χ1v) is 8.42. The number of hydrogen-bond acceptors (Lipinski definition) is 5. The molecule has 2 heterocycles. The Balaban J connectivity index is 2.21. The molecule has 2 aromatic heterocycles. The van der Waals surface area contributed by atoms with Crippen molar-refractivity contribution < 1.29 is 4.79 Å². The minimum absolute atomic E-state index is 0.317. The fourth-order valence-corrected chi connectivity index (χ4v) is 2.91. The van der Waals surface area contributed by atoms with Crippen LogP contribution < -0.4 is 10.6 Å². The molecular formula is C16H17N5OS. The van der Waals surface area contributed by atoms with Crippen molar-refractivity contribution in [2.75, 3.05) is 17.7 Å². The van der Waals surface area contributed by atoms with Crippen molar-refractivity contribution in [3.8, 4) is 0 Å². The number of aromatic nitrogens is 3. The van der Waals surface area contributed by atoms with E-state index in [0.717, 1.165) is 16.6 Å². The molecule has 3 N–H and O–H groups in total. The maximum Gasteiger partial charge on any atom is 0.254 e. The third-order valence-electron chi connectivity index (χ3n) is 3.63. The number of anilines is 2. The number of benzene rings is 1. The normalized spacial score (nSPS) is 10.9. The molecule has 0 spiro atoms. The number of primary amides is 1. The van der Waals surface area contributed by atoms with Gasteiger partial charge in [-0.25, -0.2) is 9.97 Å². The molecule has 0 bridgehead atoms. The Morgan fingerprint density at radius 2 is 2.22 bits per heavy atom. The first-order chi connectivity index (χ1) is 11.2. The quantitative estimate of drug-likeness (QED) is 0.555. The van der Waals surface area contributed by atoms with Crippen LogP contribution in [0, 0.1) is 0 Å². The molecule has 3 aromatic rings. The molecule has 0 aliphatic rings. The Morgan fingerprint density at radius 1 is 1.39 bits per heavy atom. The summed E-state index contributed by atoms with van der Waals surface area (Å²) in [5.41, 5.74) is 7.83. The van der Waals surface area contributed by atoms with Gasteiger partial charge in [-0.05, 0) is 31.4 Å². The van der Waals surface area contributed by atoms with E-state index in [2.05, 4.69) is 15.0 Å². The Bertz CT molecular complexity index is 861. The average Bonchev–Trinajstić information content (AvgIpc) is 3.04. The van der Waals surface area contributed by atoms with E-state index in [1.54, 1.807) is 0 Å². The predicted octanol–water partition coefficient (Wildman–Crippen LogP) is 2.94. The molecular weight excluding hydrogens is 310 g/mol. The maximum absolute atomic E-state index is 11.8. The summed E-state index contributed by atoms with van der Waals surface area (Å²) in [5.74, 6) is 0.000367. The van der Waals surface area contributed by atoms with Crippen LogP contribution in [0.1, 0.15) is 17.3 Å². The average molecular weight is 327 g/mol. The van der Waals surface area contributed by atoms with Gasteiger partial charge in [-0.1, -0.05) is 17.8 Å². The number of hydrogen-bond donors (Lipinski definition) is 2. The Labute approximate surface area is 138 Å². The van der Waals surface area contributed by atoms with Crippen molar-refractivity contribution in [1.82, 2.24) is 15.0 Å². The molecule has 3 rings (SSSR count). The van der Waals surface area contributed by atoms with Gasteiger partial charge in [0.1, 0.15) is 5.56 Å². The molecule has 0 aliphatic carbocycles. The number of nitrogens with zero attached hydrogens (tertiary/aromatic N) is 3. The molecule has 6 nitrogen and oxygen atoms in total. The molecule has 0 atom stereocenters. The highest BCUT2D eigenvalue weighted by molar-refractivity contribution is 7.98. The van der Waals surface area contributed by atoms with Gasteiger partial charge in [-0.3, -0.25) is 4.79 Å². The highest BCUT2D eigenvalue weighted by atomic mass is 32.2. The summed E-state index contributed by atoms with van der Waals surface area (Å²) in [7, 11) is 0. The Kier molecular flexibility index (Phi) is 4.20. The molecule has 1 aromatic carbocycles. The van der Waals surface area contributed by atoms with Crippen molar-refractivity contribution in [1.29, 1.82) is 0 Å². The zero-order valence-electron chi connectivity index (χ0n) is 12.9. The minimum Gasteiger partial charge on any atom is -0.365 e. The zero-order valence-corrected chi connectivity index (χ0v) is 13.7. The molecule has 0 unspecified atom stereocenters. The van der Waals surface area contributed by atoms with Crippen molar-refractivity contribution >= 4 is 40.1 Å². The van der Waals surface area contributed by atoms with Gasteiger partial charge in [0.15, 0.2) is 11.0 Å². The molecule has 23 heavy (non-hydrogen) atoms. The van der Waals surface area contributed by atoms with Crippen LogP contribution in [0.2, 0.25) is 0 Å². The number of rotatable bonds is 5. The number of amides is 1. The first kappa shape index (κ1) is 15.4. The fraction of sp³-hybridized carbons (Fsp3) is 0.188. The summed E-state index contributed by atoms with van der Waals surface area (Å²) in [6, 6.07) is 7.99. The van der Waals surface area contributed by atoms with Gasteiger partial charge in [0.2, 0.25) is 0 Å². The number of carbonyl (C=O) groups is 1. The summed E-state index contributed by atoms with van der Waals surface area (Å²) < 4.78 is 0. The van der Waals surface area contributed by atoms with Crippen LogP contribution in [-0.2, 0) is 0 Å². The highest BCUT2D eigenvalue weighted by Crippen LogP contribution is 2.33. The molecule has 0 saturated heterocycles. The lowest BCUT2D eigenvalue weighted by Crippen LogP contribution is -2.24. The van der Waals surface area contributed by atoms with Crippen molar-refractivity contribution in [2.24, 2.45) is 5.73 Å². The van der Waals surface area contributed by atoms with E-state index in [1.807, 2.05) is 48.5 Å². The fourth-order valence-electron chi connectivity index (χ4n) is 2.57. The lowest BCUT2D eigenvalue weighted by atomic mass is 10.1. The van der Waals surface area contributed by atoms with Gasteiger partial charge in [0.25, 0.3) is 5.91 Å². The highest BCUT2D eigenvalue weighted by Gasteiger charge is 2.20. The van der Waals surface area contributed by atoms with Gasteiger partial charge in [-0.2, -0.15) is 0 Å². The maximum atomic E-state index is 11.8. The van der Waals surface area contributed by atoms with Crippen molar-refractivity contribution in [3.05, 3.63) is 42.2 Å². The molecule has 0 saturated carbocycles. The third-order valence-corrected chi connectivity index (χ3v) is 4.19. The third kappa shape index (κ3) is 2.75. The lowest BCUT2D eigenvalue weighted by molar-refractivity contribution is 0.1000. The van der Waals surface area contributed by atoms with Gasteiger partial charge in [-0.15, -0.1) is 0 Å². The number of thioether (sulfide) groups is 1. The minimum atomic E-state index is -0.535. The van der Waals surface area contributed by atoms with Crippen LogP contribution in [-0.4, -0.2) is 33.7 Å². The van der Waals surface area contributed by atoms with E-state index in [9.17, 15) is 4.79 Å². The molecule has 1 amide bonds. The molecule has 118 valence electrons. The van der Waals surface area contributed by atoms with Crippen LogP contribution in [0.15, 0.2) is 41.8 Å². The lowest BCUT2D eigenvalue weighted by Gasteiger charge is -2.24. The second-order valence-electron chi connectivity index (χ2n) is 4.92. The smallest absolute Gasteiger partial charge is 0.254 e. The first-order valence-electron chi connectivity index (χ1n) is 7.20. The molecule has 0 radical (unpaired) electrons. The van der Waals surface area contributed by atoms with Gasteiger partial charge >= 0.3 is 0 Å². The number of nitrogens with one attached hydrogen (secondary N) is 1. The van der Waals surface area contributed by atoms with E-state index in [4.69, 9.17) is 5.73 Å². The van der Waals surface area contributed by atoms with Crippen LogP contribution in [0.5, 0.6) is 0 Å². The van der Waals surface area contributed by atoms with E-state index in [0.29, 0.717) is 23.1 Å². The summed E-state index contributed by atoms with van der Waals surface area (Å²) in [5, 5.41) is 1.67. The zero-order chi connectivity index (χ0) is 16.4. The largest absolute Gasteiger partial charge is 0.365 e. The molecule has 0 aliphatic heterocycles. The van der Waals surface area contributed by atoms with Crippen LogP contribution >= 0.6 is 11.8 Å². The van der Waals surface area contributed by atoms with E-state index >= 15 is 0 Å². The van der Waals surface area contributed by atoms with Gasteiger partial charge in [0.05, 0.1) is 5.69 Å². The predicted molar refractivity (Wildman–Crippen MR) is 93.3 cm³/mol. The van der Waals surface area contributed by atoms with E-state index in [-0.39, 0.29) is 0 Å².